The summed E-state index contributed by atoms with van der Waals surface area (Å²) in [5.74, 6) is -1.43. The molecule has 4 aromatic heterocycles. The Morgan fingerprint density at radius 3 is 1.90 bits per heavy atom. The molecule has 2 aliphatic rings. The summed E-state index contributed by atoms with van der Waals surface area (Å²) in [6.07, 6.45) is -7.00. The van der Waals surface area contributed by atoms with E-state index in [1.54, 1.807) is 0 Å². The zero-order valence-electron chi connectivity index (χ0n) is 24.1. The van der Waals surface area contributed by atoms with Crippen LogP contribution in [0.3, 0.4) is 0 Å². The van der Waals surface area contributed by atoms with E-state index in [9.17, 15) is 43.6 Å². The number of rotatable bonds is 11. The Labute approximate surface area is 265 Å². The normalized spacial score (nSPS) is 29.1. The summed E-state index contributed by atoms with van der Waals surface area (Å²) in [6, 6.07) is 0. The summed E-state index contributed by atoms with van der Waals surface area (Å²) in [4.78, 5) is 73.9. The molecule has 0 saturated carbocycles. The van der Waals surface area contributed by atoms with Crippen molar-refractivity contribution in [2.45, 2.75) is 43.0 Å². The molecule has 2 saturated heterocycles. The number of imidazole rings is 2. The van der Waals surface area contributed by atoms with Gasteiger partial charge in [0, 0.05) is 5.92 Å². The van der Waals surface area contributed by atoms with Crippen LogP contribution < -0.4 is 22.6 Å². The molecule has 11 N–H and O–H groups in total. The van der Waals surface area contributed by atoms with Gasteiger partial charge in [0.2, 0.25) is 11.9 Å². The molecule has 6 heterocycles. The standard InChI is InChI=1S/C22H28N10O14P2/c1-2-7-8(44-19(12(7)33)31-5-25-10-15(31)27-21(23)29-17(10)35)3-43-48(40,41)46-14-9(4-42-47(37,38)39)45-20(13(14)34)32-6-26-11-16(32)28-22(24)30-18(11)36/h2,5-9,12-14,19-20,33-34H,1,3-4H2,(H,40,41)(H2,37,38,39)(H3,23,27,29,35)(H3,24,28,30,36)/t7-,8?,9-,12-,13-,14-,19-,20-/m1/s1. The van der Waals surface area contributed by atoms with Crippen molar-refractivity contribution >= 4 is 49.9 Å². The molecule has 9 atom stereocenters. The third-order valence-corrected chi connectivity index (χ3v) is 9.00. The molecular formula is C22H28N10O14P2. The molecular weight excluding hydrogens is 690 g/mol. The van der Waals surface area contributed by atoms with E-state index < -0.39 is 88.9 Å². The van der Waals surface area contributed by atoms with Crippen LogP contribution in [0.25, 0.3) is 22.3 Å². The second kappa shape index (κ2) is 12.5. The second-order valence-corrected chi connectivity index (χ2v) is 13.2. The maximum atomic E-state index is 13.2. The number of hydrogen-bond acceptors (Lipinski definition) is 17. The number of fused-ring (bicyclic) bond motifs is 2. The van der Waals surface area contributed by atoms with E-state index in [1.165, 1.54) is 17.0 Å². The number of aromatic nitrogens is 8. The van der Waals surface area contributed by atoms with E-state index in [0.29, 0.717) is 0 Å². The van der Waals surface area contributed by atoms with Crippen LogP contribution in [-0.2, 0) is 32.2 Å². The fourth-order valence-electron chi connectivity index (χ4n) is 5.43. The van der Waals surface area contributed by atoms with Gasteiger partial charge in [-0.15, -0.1) is 6.58 Å². The molecule has 2 unspecified atom stereocenters. The number of nitrogens with zero attached hydrogens (tertiary/aromatic N) is 6. The second-order valence-electron chi connectivity index (χ2n) is 10.6. The van der Waals surface area contributed by atoms with Crippen molar-refractivity contribution in [3.05, 3.63) is 46.0 Å². The number of nitrogens with two attached hydrogens (primary N) is 2. The topological polar surface area (TPSA) is 361 Å². The zero-order chi connectivity index (χ0) is 34.7. The number of aliphatic hydroxyl groups excluding tert-OH is 2. The number of ether oxygens (including phenoxy) is 2. The minimum Gasteiger partial charge on any atom is -0.388 e. The largest absolute Gasteiger partial charge is 0.472 e. The number of aliphatic hydroxyl groups is 2. The summed E-state index contributed by atoms with van der Waals surface area (Å²) in [5, 5.41) is 22.1. The molecule has 48 heavy (non-hydrogen) atoms. The number of aromatic amines is 2. The van der Waals surface area contributed by atoms with Crippen LogP contribution in [0, 0.1) is 5.92 Å². The highest BCUT2D eigenvalue weighted by Crippen LogP contribution is 2.50. The van der Waals surface area contributed by atoms with Gasteiger partial charge in [-0.1, -0.05) is 6.08 Å². The van der Waals surface area contributed by atoms with E-state index in [1.807, 2.05) is 0 Å². The molecule has 2 aliphatic heterocycles. The SMILES string of the molecule is C=C[C@@H]1C(COP(=O)(O)O[C@H]2[C@@H](O)[C@H](n3cnc4c(=O)[nH]c(N)nc43)O[C@@H]2COP(=O)(O)O)O[C@@H](n2cnc3c(=O)[nH]c(N)nc32)[C@@H]1O. The highest BCUT2D eigenvalue weighted by molar-refractivity contribution is 7.47. The van der Waals surface area contributed by atoms with E-state index in [-0.39, 0.29) is 34.2 Å². The van der Waals surface area contributed by atoms with Gasteiger partial charge in [0.25, 0.3) is 11.1 Å². The molecule has 4 aromatic rings. The summed E-state index contributed by atoms with van der Waals surface area (Å²) in [7, 11) is -10.3. The lowest BCUT2D eigenvalue weighted by molar-refractivity contribution is -0.0559. The Balaban J connectivity index is 1.20. The molecule has 24 nitrogen and oxygen atoms in total. The Kier molecular flexibility index (Phi) is 8.87. The fourth-order valence-corrected chi connectivity index (χ4v) is 6.73. The maximum Gasteiger partial charge on any atom is 0.472 e. The first-order valence-electron chi connectivity index (χ1n) is 13.7. The van der Waals surface area contributed by atoms with Crippen LogP contribution in [0.1, 0.15) is 12.5 Å². The summed E-state index contributed by atoms with van der Waals surface area (Å²) < 4.78 is 53.3. The molecule has 26 heteroatoms. The number of phosphoric ester groups is 2. The smallest absolute Gasteiger partial charge is 0.388 e. The van der Waals surface area contributed by atoms with Crippen molar-refractivity contribution in [1.29, 1.82) is 0 Å². The first kappa shape index (κ1) is 34.0. The van der Waals surface area contributed by atoms with E-state index in [4.69, 9.17) is 30.0 Å². The lowest BCUT2D eigenvalue weighted by Crippen LogP contribution is -2.36. The van der Waals surface area contributed by atoms with E-state index >= 15 is 0 Å². The molecule has 2 fully saturated rings. The van der Waals surface area contributed by atoms with Crippen molar-refractivity contribution in [2.24, 2.45) is 5.92 Å². The zero-order valence-corrected chi connectivity index (χ0v) is 25.9. The van der Waals surface area contributed by atoms with Crippen molar-refractivity contribution in [3.8, 4) is 0 Å². The van der Waals surface area contributed by atoms with Crippen LogP contribution in [0.4, 0.5) is 11.9 Å². The highest BCUT2D eigenvalue weighted by atomic mass is 31.2. The van der Waals surface area contributed by atoms with Crippen LogP contribution >= 0.6 is 15.6 Å². The fraction of sp³-hybridized carbons (Fsp3) is 0.455. The first-order valence-corrected chi connectivity index (χ1v) is 16.7. The van der Waals surface area contributed by atoms with Crippen LogP contribution in [-0.4, -0.2) is 108 Å². The summed E-state index contributed by atoms with van der Waals surface area (Å²) in [6.45, 7) is 2.02. The summed E-state index contributed by atoms with van der Waals surface area (Å²) in [5.41, 5.74) is 9.44. The third-order valence-electron chi connectivity index (χ3n) is 7.53. The quantitative estimate of drug-likeness (QED) is 0.0564. The third kappa shape index (κ3) is 6.44. The Morgan fingerprint density at radius 1 is 0.875 bits per heavy atom. The molecule has 260 valence electrons. The highest BCUT2D eigenvalue weighted by Gasteiger charge is 2.51. The van der Waals surface area contributed by atoms with Crippen molar-refractivity contribution in [3.63, 3.8) is 0 Å². The monoisotopic (exact) mass is 718 g/mol. The Bertz CT molecular complexity index is 2080. The average molecular weight is 718 g/mol. The van der Waals surface area contributed by atoms with Crippen molar-refractivity contribution in [2.75, 3.05) is 24.7 Å². The van der Waals surface area contributed by atoms with Gasteiger partial charge in [-0.2, -0.15) is 9.97 Å². The molecule has 0 bridgehead atoms. The van der Waals surface area contributed by atoms with Crippen LogP contribution in [0.2, 0.25) is 0 Å². The molecule has 0 aromatic carbocycles. The Hall–Kier alpha value is -3.90. The van der Waals surface area contributed by atoms with Crippen molar-refractivity contribution in [1.82, 2.24) is 39.0 Å². The molecule has 0 amide bonds. The minimum absolute atomic E-state index is 0.0117. The number of anilines is 2. The molecule has 0 radical (unpaired) electrons. The van der Waals surface area contributed by atoms with Gasteiger partial charge in [-0.3, -0.25) is 42.3 Å². The molecule has 0 spiro atoms. The van der Waals surface area contributed by atoms with Crippen molar-refractivity contribution < 1.29 is 57.1 Å². The van der Waals surface area contributed by atoms with Crippen LogP contribution in [0.15, 0.2) is 34.9 Å². The number of phosphoric acid groups is 2. The van der Waals surface area contributed by atoms with Crippen LogP contribution in [0.5, 0.6) is 0 Å². The predicted molar refractivity (Wildman–Crippen MR) is 157 cm³/mol. The van der Waals surface area contributed by atoms with Gasteiger partial charge in [-0.05, 0) is 0 Å². The van der Waals surface area contributed by atoms with Gasteiger partial charge in [0.05, 0.1) is 32.0 Å². The number of hydrogen-bond donors (Lipinski definition) is 9. The average Bonchev–Trinajstić information content (AvgIpc) is 3.75. The lowest BCUT2D eigenvalue weighted by Gasteiger charge is -2.24. The van der Waals surface area contributed by atoms with E-state index in [0.717, 1.165) is 10.9 Å². The van der Waals surface area contributed by atoms with Gasteiger partial charge in [0.15, 0.2) is 34.8 Å². The number of nitrogen functional groups attached to an aromatic ring is 2. The number of H-pyrrole nitrogens is 2. The molecule has 6 rings (SSSR count). The number of nitrogens with one attached hydrogen (secondary N) is 2. The maximum absolute atomic E-state index is 13.2. The molecule has 0 aliphatic carbocycles. The lowest BCUT2D eigenvalue weighted by atomic mass is 9.99. The summed E-state index contributed by atoms with van der Waals surface area (Å²) >= 11 is 0. The van der Waals surface area contributed by atoms with E-state index in [2.05, 4.69) is 41.0 Å². The minimum atomic E-state index is -5.18. The first-order chi connectivity index (χ1) is 22.6. The Morgan fingerprint density at radius 2 is 1.38 bits per heavy atom. The van der Waals surface area contributed by atoms with Gasteiger partial charge < -0.3 is 45.8 Å². The van der Waals surface area contributed by atoms with Gasteiger partial charge >= 0.3 is 15.6 Å². The van der Waals surface area contributed by atoms with Gasteiger partial charge in [-0.25, -0.2) is 19.1 Å². The predicted octanol–water partition coefficient (Wildman–Crippen LogP) is -2.65. The van der Waals surface area contributed by atoms with Gasteiger partial charge in [0.1, 0.15) is 24.4 Å².